The molecular weight excluding hydrogens is 170 g/mol. The van der Waals surface area contributed by atoms with E-state index in [1.165, 1.54) is 0 Å². The zero-order chi connectivity index (χ0) is 9.80. The SMILES string of the molecule is N#Cc1ccccc1-c1cc[c]cc1. The lowest BCUT2D eigenvalue weighted by Crippen LogP contribution is -1.82. The summed E-state index contributed by atoms with van der Waals surface area (Å²) in [6, 6.07) is 20.3. The summed E-state index contributed by atoms with van der Waals surface area (Å²) in [4.78, 5) is 0. The Morgan fingerprint density at radius 2 is 1.71 bits per heavy atom. The summed E-state index contributed by atoms with van der Waals surface area (Å²) >= 11 is 0. The van der Waals surface area contributed by atoms with E-state index in [-0.39, 0.29) is 0 Å². The highest BCUT2D eigenvalue weighted by atomic mass is 14.2. The van der Waals surface area contributed by atoms with Gasteiger partial charge in [-0.2, -0.15) is 5.26 Å². The van der Waals surface area contributed by atoms with Crippen LogP contribution < -0.4 is 0 Å². The Bertz CT molecular complexity index is 466. The fourth-order valence-corrected chi connectivity index (χ4v) is 1.40. The predicted octanol–water partition coefficient (Wildman–Crippen LogP) is 3.03. The molecule has 2 aromatic carbocycles. The summed E-state index contributed by atoms with van der Waals surface area (Å²) in [7, 11) is 0. The molecule has 1 nitrogen and oxygen atoms in total. The maximum absolute atomic E-state index is 8.92. The molecule has 0 spiro atoms. The van der Waals surface area contributed by atoms with Crippen molar-refractivity contribution in [1.29, 1.82) is 5.26 Å². The average Bonchev–Trinajstić information content (AvgIpc) is 2.30. The van der Waals surface area contributed by atoms with Gasteiger partial charge in [-0.05, 0) is 23.3 Å². The summed E-state index contributed by atoms with van der Waals surface area (Å²) in [5.74, 6) is 0. The molecule has 0 aliphatic carbocycles. The minimum absolute atomic E-state index is 0.707. The monoisotopic (exact) mass is 178 g/mol. The molecular formula is C13H8N. The van der Waals surface area contributed by atoms with Crippen LogP contribution in [-0.2, 0) is 0 Å². The second kappa shape index (κ2) is 3.76. The minimum Gasteiger partial charge on any atom is -0.192 e. The normalized spacial score (nSPS) is 9.36. The Kier molecular flexibility index (Phi) is 2.29. The van der Waals surface area contributed by atoms with Crippen LogP contribution in [-0.4, -0.2) is 0 Å². The van der Waals surface area contributed by atoms with E-state index < -0.39 is 0 Å². The van der Waals surface area contributed by atoms with E-state index in [2.05, 4.69) is 12.1 Å². The van der Waals surface area contributed by atoms with Crippen molar-refractivity contribution in [2.75, 3.05) is 0 Å². The first-order chi connectivity index (χ1) is 6.92. The molecule has 0 atom stereocenters. The molecule has 0 aliphatic rings. The highest BCUT2D eigenvalue weighted by Gasteiger charge is 2.01. The van der Waals surface area contributed by atoms with E-state index >= 15 is 0 Å². The molecule has 0 aromatic heterocycles. The first-order valence-electron chi connectivity index (χ1n) is 4.37. The standard InChI is InChI=1S/C13H8N/c14-10-12-8-4-5-9-13(12)11-6-2-1-3-7-11/h2-9H. The Balaban J connectivity index is 2.58. The van der Waals surface area contributed by atoms with Crippen LogP contribution in [0.5, 0.6) is 0 Å². The molecule has 2 aromatic rings. The summed E-state index contributed by atoms with van der Waals surface area (Å²) in [5.41, 5.74) is 2.74. The number of nitrogens with zero attached hydrogens (tertiary/aromatic N) is 1. The Hall–Kier alpha value is -2.07. The van der Waals surface area contributed by atoms with E-state index in [9.17, 15) is 0 Å². The third-order valence-corrected chi connectivity index (χ3v) is 2.08. The Morgan fingerprint density at radius 1 is 1.00 bits per heavy atom. The van der Waals surface area contributed by atoms with Gasteiger partial charge in [0.05, 0.1) is 11.6 Å². The van der Waals surface area contributed by atoms with Gasteiger partial charge in [-0.15, -0.1) is 0 Å². The zero-order valence-electron chi connectivity index (χ0n) is 7.57. The predicted molar refractivity (Wildman–Crippen MR) is 55.4 cm³/mol. The molecule has 1 heteroatoms. The van der Waals surface area contributed by atoms with Gasteiger partial charge in [0, 0.05) is 0 Å². The minimum atomic E-state index is 0.707. The molecule has 0 bridgehead atoms. The highest BCUT2D eigenvalue weighted by Crippen LogP contribution is 2.22. The Labute approximate surface area is 83.2 Å². The molecule has 0 saturated heterocycles. The van der Waals surface area contributed by atoms with Crippen LogP contribution in [0.25, 0.3) is 11.1 Å². The molecule has 65 valence electrons. The van der Waals surface area contributed by atoms with Gasteiger partial charge in [-0.1, -0.05) is 42.5 Å². The Morgan fingerprint density at radius 3 is 2.43 bits per heavy atom. The van der Waals surface area contributed by atoms with Crippen LogP contribution in [0.3, 0.4) is 0 Å². The summed E-state index contributed by atoms with van der Waals surface area (Å²) in [5, 5.41) is 8.92. The largest absolute Gasteiger partial charge is 0.192 e. The van der Waals surface area contributed by atoms with Gasteiger partial charge < -0.3 is 0 Å². The summed E-state index contributed by atoms with van der Waals surface area (Å²) in [6.07, 6.45) is 0. The van der Waals surface area contributed by atoms with Crippen LogP contribution >= 0.6 is 0 Å². The molecule has 0 N–H and O–H groups in total. The van der Waals surface area contributed by atoms with Gasteiger partial charge in [0.25, 0.3) is 0 Å². The molecule has 0 heterocycles. The lowest BCUT2D eigenvalue weighted by molar-refractivity contribution is 1.48. The van der Waals surface area contributed by atoms with Crippen molar-refractivity contribution in [1.82, 2.24) is 0 Å². The number of rotatable bonds is 1. The van der Waals surface area contributed by atoms with Gasteiger partial charge in [0.15, 0.2) is 0 Å². The lowest BCUT2D eigenvalue weighted by atomic mass is 10.0. The lowest BCUT2D eigenvalue weighted by Gasteiger charge is -2.02. The van der Waals surface area contributed by atoms with Gasteiger partial charge >= 0.3 is 0 Å². The second-order valence-electron chi connectivity index (χ2n) is 2.95. The maximum Gasteiger partial charge on any atom is 0.0998 e. The number of hydrogen-bond acceptors (Lipinski definition) is 1. The van der Waals surface area contributed by atoms with Crippen molar-refractivity contribution in [2.45, 2.75) is 0 Å². The van der Waals surface area contributed by atoms with Crippen LogP contribution in [0.2, 0.25) is 0 Å². The van der Waals surface area contributed by atoms with Crippen LogP contribution in [0.1, 0.15) is 5.56 Å². The third kappa shape index (κ3) is 1.51. The van der Waals surface area contributed by atoms with Crippen molar-refractivity contribution >= 4 is 0 Å². The third-order valence-electron chi connectivity index (χ3n) is 2.08. The van der Waals surface area contributed by atoms with Crippen LogP contribution in [0.4, 0.5) is 0 Å². The number of hydrogen-bond donors (Lipinski definition) is 0. The molecule has 1 radical (unpaired) electrons. The average molecular weight is 178 g/mol. The van der Waals surface area contributed by atoms with E-state index in [0.29, 0.717) is 5.56 Å². The van der Waals surface area contributed by atoms with E-state index in [4.69, 9.17) is 5.26 Å². The first kappa shape index (κ1) is 8.52. The van der Waals surface area contributed by atoms with Gasteiger partial charge in [-0.25, -0.2) is 0 Å². The highest BCUT2D eigenvalue weighted by molar-refractivity contribution is 5.70. The van der Waals surface area contributed by atoms with Crippen molar-refractivity contribution < 1.29 is 0 Å². The fraction of sp³-hybridized carbons (Fsp3) is 0. The van der Waals surface area contributed by atoms with Crippen LogP contribution in [0, 0.1) is 17.4 Å². The van der Waals surface area contributed by atoms with Crippen molar-refractivity contribution in [2.24, 2.45) is 0 Å². The molecule has 0 aliphatic heterocycles. The summed E-state index contributed by atoms with van der Waals surface area (Å²) in [6.45, 7) is 0. The quantitative estimate of drug-likeness (QED) is 0.658. The molecule has 2 rings (SSSR count). The van der Waals surface area contributed by atoms with E-state index in [0.717, 1.165) is 11.1 Å². The number of benzene rings is 2. The zero-order valence-corrected chi connectivity index (χ0v) is 7.57. The second-order valence-corrected chi connectivity index (χ2v) is 2.95. The van der Waals surface area contributed by atoms with Crippen molar-refractivity contribution in [3.8, 4) is 17.2 Å². The molecule has 0 fully saturated rings. The molecule has 0 amide bonds. The van der Waals surface area contributed by atoms with E-state index in [1.807, 2.05) is 48.5 Å². The topological polar surface area (TPSA) is 23.8 Å². The molecule has 0 unspecified atom stereocenters. The summed E-state index contributed by atoms with van der Waals surface area (Å²) < 4.78 is 0. The van der Waals surface area contributed by atoms with Gasteiger partial charge in [0.2, 0.25) is 0 Å². The van der Waals surface area contributed by atoms with E-state index in [1.54, 1.807) is 0 Å². The maximum atomic E-state index is 8.92. The smallest absolute Gasteiger partial charge is 0.0998 e. The van der Waals surface area contributed by atoms with Crippen molar-refractivity contribution in [3.63, 3.8) is 0 Å². The van der Waals surface area contributed by atoms with Gasteiger partial charge in [0.1, 0.15) is 0 Å². The molecule has 14 heavy (non-hydrogen) atoms. The number of nitriles is 1. The van der Waals surface area contributed by atoms with Crippen molar-refractivity contribution in [3.05, 3.63) is 60.2 Å². The molecule has 0 saturated carbocycles. The fourth-order valence-electron chi connectivity index (χ4n) is 1.40. The van der Waals surface area contributed by atoms with Crippen LogP contribution in [0.15, 0.2) is 48.5 Å². The van der Waals surface area contributed by atoms with Gasteiger partial charge in [-0.3, -0.25) is 0 Å². The first-order valence-corrected chi connectivity index (χ1v) is 4.37.